The van der Waals surface area contributed by atoms with Crippen LogP contribution in [-0.2, 0) is 9.53 Å². The maximum atomic E-state index is 12.5. The molecule has 2 fully saturated rings. The minimum atomic E-state index is 0.00904. The van der Waals surface area contributed by atoms with Crippen LogP contribution in [0.15, 0.2) is 47.9 Å². The summed E-state index contributed by atoms with van der Waals surface area (Å²) in [4.78, 5) is 28.7. The Morgan fingerprint density at radius 3 is 2.82 bits per heavy atom. The Balaban J connectivity index is 1.33. The van der Waals surface area contributed by atoms with E-state index in [4.69, 9.17) is 15.2 Å². The van der Waals surface area contributed by atoms with Gasteiger partial charge in [-0.2, -0.15) is 5.26 Å². The summed E-state index contributed by atoms with van der Waals surface area (Å²) in [7, 11) is 2.05. The molecule has 4 heterocycles. The average molecular weight is 528 g/mol. The highest BCUT2D eigenvalue weighted by molar-refractivity contribution is 6.11. The number of nitrogens with one attached hydrogen (secondary N) is 1. The number of amides is 1. The molecule has 1 aromatic carbocycles. The van der Waals surface area contributed by atoms with Crippen molar-refractivity contribution in [3.8, 4) is 22.9 Å². The highest BCUT2D eigenvalue weighted by atomic mass is 16.5. The van der Waals surface area contributed by atoms with Gasteiger partial charge in [0.2, 0.25) is 5.91 Å². The smallest absolute Gasteiger partial charge is 0.244 e. The van der Waals surface area contributed by atoms with E-state index in [1.807, 2.05) is 35.4 Å². The van der Waals surface area contributed by atoms with Crippen molar-refractivity contribution in [1.29, 1.82) is 5.26 Å². The number of nitriles is 1. The summed E-state index contributed by atoms with van der Waals surface area (Å²) in [5.74, 6) is 0.595. The third kappa shape index (κ3) is 6.11. The van der Waals surface area contributed by atoms with Crippen molar-refractivity contribution >= 4 is 28.7 Å². The van der Waals surface area contributed by atoms with Crippen LogP contribution >= 0.6 is 0 Å². The number of piperazine rings is 1. The third-order valence-corrected chi connectivity index (χ3v) is 7.23. The van der Waals surface area contributed by atoms with Gasteiger partial charge >= 0.3 is 0 Å². The van der Waals surface area contributed by atoms with E-state index in [-0.39, 0.29) is 18.6 Å². The predicted octanol–water partition coefficient (Wildman–Crippen LogP) is 2.80. The van der Waals surface area contributed by atoms with E-state index in [9.17, 15) is 10.1 Å². The van der Waals surface area contributed by atoms with Crippen LogP contribution in [0.5, 0.6) is 5.75 Å². The molecule has 0 aliphatic carbocycles. The number of allylic oxidation sites excluding steroid dienone is 1. The van der Waals surface area contributed by atoms with Crippen molar-refractivity contribution in [3.05, 3.63) is 54.0 Å². The Morgan fingerprint density at radius 1 is 1.28 bits per heavy atom. The number of H-pyrrole nitrogens is 1. The van der Waals surface area contributed by atoms with Crippen LogP contribution in [0.3, 0.4) is 0 Å². The number of benzene rings is 1. The van der Waals surface area contributed by atoms with Gasteiger partial charge in [0.15, 0.2) is 0 Å². The number of nitrogens with two attached hydrogens (primary N) is 1. The first kappa shape index (κ1) is 26.4. The normalized spacial score (nSPS) is 17.5. The fourth-order valence-electron chi connectivity index (χ4n) is 4.85. The van der Waals surface area contributed by atoms with Gasteiger partial charge in [-0.1, -0.05) is 6.07 Å². The minimum Gasteiger partial charge on any atom is -0.489 e. The summed E-state index contributed by atoms with van der Waals surface area (Å²) in [6.07, 6.45) is 8.37. The number of carbonyl (C=O) groups is 1. The molecular weight excluding hydrogens is 494 g/mol. The summed E-state index contributed by atoms with van der Waals surface area (Å²) in [6.45, 7) is 4.60. The molecule has 1 amide bonds. The molecule has 0 saturated carbocycles. The van der Waals surface area contributed by atoms with Crippen LogP contribution in [0.2, 0.25) is 0 Å². The second-order valence-electron chi connectivity index (χ2n) is 9.85. The average Bonchev–Trinajstić information content (AvgIpc) is 3.40. The van der Waals surface area contributed by atoms with Crippen molar-refractivity contribution in [3.63, 3.8) is 0 Å². The van der Waals surface area contributed by atoms with Gasteiger partial charge in [0.25, 0.3) is 0 Å². The molecule has 0 spiro atoms. The topological polar surface area (TPSA) is 133 Å². The third-order valence-electron chi connectivity index (χ3n) is 7.23. The zero-order valence-corrected chi connectivity index (χ0v) is 22.1. The molecule has 2 saturated heterocycles. The Kier molecular flexibility index (Phi) is 8.20. The maximum absolute atomic E-state index is 12.5. The molecule has 3 N–H and O–H groups in total. The number of ether oxygens (including phenoxy) is 2. The molecule has 39 heavy (non-hydrogen) atoms. The standard InChI is InChI=1S/C29H33N7O3/c1-35-6-8-36(9-7-35)28(37)19-32-16-23(15-31)22-13-25-26(18-34-29(25)33-17-22)20-2-3-27(21(12-20)14-30)39-24-4-10-38-11-5-24/h2-3,12-13,15-18,24H,4-11,19,31H2,1H3,(H,33,34)/b23-15+,32-16?. The predicted molar refractivity (Wildman–Crippen MR) is 150 cm³/mol. The van der Waals surface area contributed by atoms with E-state index in [1.54, 1.807) is 12.4 Å². The number of rotatable bonds is 7. The highest BCUT2D eigenvalue weighted by Crippen LogP contribution is 2.33. The van der Waals surface area contributed by atoms with Crippen molar-refractivity contribution in [2.24, 2.45) is 10.7 Å². The number of pyridine rings is 1. The van der Waals surface area contributed by atoms with E-state index >= 15 is 0 Å². The van der Waals surface area contributed by atoms with E-state index in [0.717, 1.165) is 61.1 Å². The first-order valence-electron chi connectivity index (χ1n) is 13.2. The molecule has 5 rings (SSSR count). The summed E-state index contributed by atoms with van der Waals surface area (Å²) in [6, 6.07) is 9.91. The Hall–Kier alpha value is -4.20. The van der Waals surface area contributed by atoms with Gasteiger partial charge in [-0.05, 0) is 30.8 Å². The van der Waals surface area contributed by atoms with Crippen LogP contribution in [0.25, 0.3) is 27.7 Å². The van der Waals surface area contributed by atoms with Crippen molar-refractivity contribution in [2.45, 2.75) is 18.9 Å². The molecule has 0 bridgehead atoms. The van der Waals surface area contributed by atoms with Gasteiger partial charge in [-0.3, -0.25) is 9.79 Å². The van der Waals surface area contributed by atoms with Crippen molar-refractivity contribution < 1.29 is 14.3 Å². The van der Waals surface area contributed by atoms with Crippen LogP contribution in [-0.4, -0.2) is 91.0 Å². The minimum absolute atomic E-state index is 0.00904. The first-order chi connectivity index (χ1) is 19.1. The molecule has 2 aromatic heterocycles. The quantitative estimate of drug-likeness (QED) is 0.452. The summed E-state index contributed by atoms with van der Waals surface area (Å²) in [5.41, 5.74) is 10.4. The largest absolute Gasteiger partial charge is 0.489 e. The highest BCUT2D eigenvalue weighted by Gasteiger charge is 2.19. The van der Waals surface area contributed by atoms with Gasteiger partial charge in [0.05, 0.1) is 18.8 Å². The van der Waals surface area contributed by atoms with Crippen LogP contribution < -0.4 is 10.5 Å². The fraction of sp³-hybridized carbons (Fsp3) is 0.379. The molecule has 202 valence electrons. The van der Waals surface area contributed by atoms with E-state index in [2.05, 4.69) is 33.0 Å². The summed E-state index contributed by atoms with van der Waals surface area (Å²) < 4.78 is 11.5. The lowest BCUT2D eigenvalue weighted by molar-refractivity contribution is -0.131. The van der Waals surface area contributed by atoms with Crippen molar-refractivity contribution in [2.75, 3.05) is 53.0 Å². The number of hydrogen-bond acceptors (Lipinski definition) is 8. The van der Waals surface area contributed by atoms with Crippen LogP contribution in [0, 0.1) is 11.3 Å². The van der Waals surface area contributed by atoms with Gasteiger partial charge in [-0.25, -0.2) is 4.98 Å². The lowest BCUT2D eigenvalue weighted by atomic mass is 10.0. The molecule has 3 aromatic rings. The summed E-state index contributed by atoms with van der Waals surface area (Å²) >= 11 is 0. The van der Waals surface area contributed by atoms with Gasteiger partial charge in [0, 0.05) is 85.9 Å². The SMILES string of the molecule is CN1CCN(C(=O)CN=C/C(=C\N)c2cnc3[nH]cc(-c4ccc(OC5CCOCC5)c(C#N)c4)c3c2)CC1. The maximum Gasteiger partial charge on any atom is 0.244 e. The number of aromatic amines is 1. The number of aromatic nitrogens is 2. The Morgan fingerprint density at radius 2 is 2.08 bits per heavy atom. The van der Waals surface area contributed by atoms with E-state index in [1.165, 1.54) is 6.20 Å². The van der Waals surface area contributed by atoms with Crippen LogP contribution in [0.4, 0.5) is 0 Å². The first-order valence-corrected chi connectivity index (χ1v) is 13.2. The van der Waals surface area contributed by atoms with Gasteiger partial charge < -0.3 is 30.0 Å². The van der Waals surface area contributed by atoms with Crippen LogP contribution in [0.1, 0.15) is 24.0 Å². The van der Waals surface area contributed by atoms with Crippen molar-refractivity contribution in [1.82, 2.24) is 19.8 Å². The molecule has 10 heteroatoms. The van der Waals surface area contributed by atoms with E-state index in [0.29, 0.717) is 35.7 Å². The number of nitrogens with zero attached hydrogens (tertiary/aromatic N) is 5. The molecule has 10 nitrogen and oxygen atoms in total. The fourth-order valence-corrected chi connectivity index (χ4v) is 4.85. The van der Waals surface area contributed by atoms with Gasteiger partial charge in [-0.15, -0.1) is 0 Å². The Labute approximate surface area is 227 Å². The lowest BCUT2D eigenvalue weighted by Crippen LogP contribution is -2.47. The molecule has 0 radical (unpaired) electrons. The van der Waals surface area contributed by atoms with E-state index < -0.39 is 0 Å². The zero-order valence-electron chi connectivity index (χ0n) is 22.1. The van der Waals surface area contributed by atoms with Gasteiger partial charge in [0.1, 0.15) is 30.1 Å². The molecule has 2 aliphatic heterocycles. The summed E-state index contributed by atoms with van der Waals surface area (Å²) in [5, 5.41) is 10.7. The Bertz CT molecular complexity index is 1420. The molecule has 0 atom stereocenters. The number of aliphatic imine (C=N–C) groups is 1. The monoisotopic (exact) mass is 527 g/mol. The lowest BCUT2D eigenvalue weighted by Gasteiger charge is -2.32. The molecule has 0 unspecified atom stereocenters. The zero-order chi connectivity index (χ0) is 27.2. The molecular formula is C29H33N7O3. The second-order valence-corrected chi connectivity index (χ2v) is 9.85. The number of fused-ring (bicyclic) bond motifs is 1. The molecule has 2 aliphatic rings. The number of carbonyl (C=O) groups excluding carboxylic acids is 1. The number of hydrogen-bond donors (Lipinski definition) is 2. The number of likely N-dealkylation sites (N-methyl/N-ethyl adjacent to an activating group) is 1. The second kappa shape index (κ2) is 12.1.